The third-order valence-corrected chi connectivity index (χ3v) is 2.04. The molecule has 0 bridgehead atoms. The van der Waals surface area contributed by atoms with Gasteiger partial charge in [0, 0.05) is 0 Å². The SMILES string of the molecule is NC(=O)C1=CC2OC2C=C1C(N)=O. The Bertz CT molecular complexity index is 322. The minimum absolute atomic E-state index is 0.106. The van der Waals surface area contributed by atoms with Crippen LogP contribution >= 0.6 is 0 Å². The van der Waals surface area contributed by atoms with Crippen molar-refractivity contribution in [2.24, 2.45) is 11.5 Å². The van der Waals surface area contributed by atoms with Gasteiger partial charge in [-0.3, -0.25) is 9.59 Å². The van der Waals surface area contributed by atoms with Gasteiger partial charge in [0.25, 0.3) is 0 Å². The van der Waals surface area contributed by atoms with Crippen LogP contribution in [0.1, 0.15) is 0 Å². The predicted molar refractivity (Wildman–Crippen MR) is 43.2 cm³/mol. The summed E-state index contributed by atoms with van der Waals surface area (Å²) >= 11 is 0. The molecular formula is C8H8N2O3. The van der Waals surface area contributed by atoms with Crippen molar-refractivity contribution in [1.29, 1.82) is 0 Å². The van der Waals surface area contributed by atoms with E-state index in [1.807, 2.05) is 0 Å². The molecule has 2 unspecified atom stereocenters. The highest BCUT2D eigenvalue weighted by Crippen LogP contribution is 2.33. The zero-order chi connectivity index (χ0) is 9.59. The molecule has 2 atom stereocenters. The molecule has 5 nitrogen and oxygen atoms in total. The third kappa shape index (κ3) is 1.23. The number of fused-ring (bicyclic) bond motifs is 1. The Labute approximate surface area is 74.0 Å². The number of amides is 2. The number of epoxide rings is 1. The lowest BCUT2D eigenvalue weighted by atomic mass is 9.97. The Hall–Kier alpha value is -1.62. The average molecular weight is 180 g/mol. The second kappa shape index (κ2) is 2.43. The number of carbonyl (C=O) groups is 2. The van der Waals surface area contributed by atoms with E-state index in [4.69, 9.17) is 16.2 Å². The molecule has 0 aromatic heterocycles. The summed E-state index contributed by atoms with van der Waals surface area (Å²) in [5.41, 5.74) is 10.4. The zero-order valence-electron chi connectivity index (χ0n) is 6.69. The van der Waals surface area contributed by atoms with Crippen LogP contribution in [0.15, 0.2) is 23.3 Å². The van der Waals surface area contributed by atoms with Crippen LogP contribution in [0, 0.1) is 0 Å². The second-order valence-corrected chi connectivity index (χ2v) is 2.95. The van der Waals surface area contributed by atoms with Gasteiger partial charge in [-0.1, -0.05) is 0 Å². The Morgan fingerprint density at radius 1 is 1.08 bits per heavy atom. The standard InChI is InChI=1S/C8H8N2O3/c9-7(11)3-1-5-6(13-5)2-4(3)8(10)12/h1-2,5-6H,(H2,9,11)(H2,10,12). The van der Waals surface area contributed by atoms with Crippen molar-refractivity contribution in [3.8, 4) is 0 Å². The van der Waals surface area contributed by atoms with E-state index < -0.39 is 11.8 Å². The molecule has 2 amide bonds. The van der Waals surface area contributed by atoms with Crippen LogP contribution in [0.2, 0.25) is 0 Å². The minimum Gasteiger partial charge on any atom is -0.366 e. The summed E-state index contributed by atoms with van der Waals surface area (Å²) in [4.78, 5) is 21.8. The van der Waals surface area contributed by atoms with Crippen molar-refractivity contribution >= 4 is 11.8 Å². The van der Waals surface area contributed by atoms with E-state index in [2.05, 4.69) is 0 Å². The Balaban J connectivity index is 2.37. The lowest BCUT2D eigenvalue weighted by molar-refractivity contribution is -0.117. The molecule has 1 fully saturated rings. The van der Waals surface area contributed by atoms with Crippen molar-refractivity contribution < 1.29 is 14.3 Å². The van der Waals surface area contributed by atoms with E-state index in [-0.39, 0.29) is 23.4 Å². The Kier molecular flexibility index (Phi) is 1.50. The second-order valence-electron chi connectivity index (χ2n) is 2.95. The van der Waals surface area contributed by atoms with E-state index in [1.165, 1.54) is 12.2 Å². The highest BCUT2D eigenvalue weighted by Gasteiger charge is 2.41. The van der Waals surface area contributed by atoms with Crippen LogP contribution in [0.25, 0.3) is 0 Å². The van der Waals surface area contributed by atoms with E-state index in [9.17, 15) is 9.59 Å². The summed E-state index contributed by atoms with van der Waals surface area (Å²) < 4.78 is 5.07. The first-order chi connectivity index (χ1) is 6.09. The molecule has 4 N–H and O–H groups in total. The minimum atomic E-state index is -0.654. The third-order valence-electron chi connectivity index (χ3n) is 2.04. The first kappa shape index (κ1) is 8.00. The summed E-state index contributed by atoms with van der Waals surface area (Å²) in [6, 6.07) is 0. The number of rotatable bonds is 2. The first-order valence-electron chi connectivity index (χ1n) is 3.78. The lowest BCUT2D eigenvalue weighted by Crippen LogP contribution is -2.26. The van der Waals surface area contributed by atoms with Crippen molar-refractivity contribution in [2.75, 3.05) is 0 Å². The zero-order valence-corrected chi connectivity index (χ0v) is 6.69. The van der Waals surface area contributed by atoms with Crippen molar-refractivity contribution in [1.82, 2.24) is 0 Å². The number of carbonyl (C=O) groups excluding carboxylic acids is 2. The van der Waals surface area contributed by atoms with Crippen LogP contribution in [0.5, 0.6) is 0 Å². The highest BCUT2D eigenvalue weighted by molar-refractivity contribution is 6.10. The van der Waals surface area contributed by atoms with Gasteiger partial charge in [0.1, 0.15) is 12.2 Å². The molecule has 1 aliphatic carbocycles. The summed E-state index contributed by atoms with van der Waals surface area (Å²) in [6.07, 6.45) is 2.86. The van der Waals surface area contributed by atoms with Crippen LogP contribution in [0.4, 0.5) is 0 Å². The van der Waals surface area contributed by atoms with Crippen LogP contribution in [-0.2, 0) is 14.3 Å². The maximum absolute atomic E-state index is 10.9. The van der Waals surface area contributed by atoms with Gasteiger partial charge >= 0.3 is 0 Å². The molecule has 0 aromatic carbocycles. The Morgan fingerprint density at radius 3 is 1.77 bits per heavy atom. The number of hydrogen-bond donors (Lipinski definition) is 2. The fraction of sp³-hybridized carbons (Fsp3) is 0.250. The fourth-order valence-electron chi connectivity index (χ4n) is 1.34. The van der Waals surface area contributed by atoms with Crippen molar-refractivity contribution in [2.45, 2.75) is 12.2 Å². The van der Waals surface area contributed by atoms with Crippen LogP contribution in [-0.4, -0.2) is 24.0 Å². The maximum atomic E-state index is 10.9. The molecule has 0 spiro atoms. The number of nitrogens with two attached hydrogens (primary N) is 2. The van der Waals surface area contributed by atoms with Gasteiger partial charge in [0.15, 0.2) is 0 Å². The number of ether oxygens (including phenoxy) is 1. The molecule has 2 aliphatic rings. The quantitative estimate of drug-likeness (QED) is 0.511. The van der Waals surface area contributed by atoms with Gasteiger partial charge in [-0.2, -0.15) is 0 Å². The van der Waals surface area contributed by atoms with Gasteiger partial charge < -0.3 is 16.2 Å². The molecular weight excluding hydrogens is 172 g/mol. The number of primary amides is 2. The van der Waals surface area contributed by atoms with Crippen LogP contribution < -0.4 is 11.5 Å². The van der Waals surface area contributed by atoms with Gasteiger partial charge in [-0.25, -0.2) is 0 Å². The smallest absolute Gasteiger partial charge is 0.249 e. The average Bonchev–Trinajstić information content (AvgIpc) is 2.78. The summed E-state index contributed by atoms with van der Waals surface area (Å²) in [7, 11) is 0. The fourth-order valence-corrected chi connectivity index (χ4v) is 1.34. The van der Waals surface area contributed by atoms with Crippen molar-refractivity contribution in [3.63, 3.8) is 0 Å². The largest absolute Gasteiger partial charge is 0.366 e. The molecule has 1 heterocycles. The highest BCUT2D eigenvalue weighted by atomic mass is 16.6. The topological polar surface area (TPSA) is 98.7 Å². The van der Waals surface area contributed by atoms with Gasteiger partial charge in [-0.15, -0.1) is 0 Å². The molecule has 0 radical (unpaired) electrons. The molecule has 1 saturated heterocycles. The predicted octanol–water partition coefficient (Wildman–Crippen LogP) is -1.41. The first-order valence-corrected chi connectivity index (χ1v) is 3.78. The molecule has 0 saturated carbocycles. The maximum Gasteiger partial charge on any atom is 0.249 e. The molecule has 2 rings (SSSR count). The van der Waals surface area contributed by atoms with Gasteiger partial charge in [0.05, 0.1) is 11.1 Å². The summed E-state index contributed by atoms with van der Waals surface area (Å²) in [5.74, 6) is -1.31. The van der Waals surface area contributed by atoms with Gasteiger partial charge in [-0.05, 0) is 12.2 Å². The molecule has 1 aliphatic heterocycles. The van der Waals surface area contributed by atoms with Crippen LogP contribution in [0.3, 0.4) is 0 Å². The summed E-state index contributed by atoms with van der Waals surface area (Å²) in [5, 5.41) is 0. The Morgan fingerprint density at radius 2 is 1.46 bits per heavy atom. The summed E-state index contributed by atoms with van der Waals surface area (Å²) in [6.45, 7) is 0. The lowest BCUT2D eigenvalue weighted by Gasteiger charge is -2.06. The number of hydrogen-bond acceptors (Lipinski definition) is 3. The molecule has 5 heteroatoms. The van der Waals surface area contributed by atoms with Gasteiger partial charge in [0.2, 0.25) is 11.8 Å². The molecule has 0 aromatic rings. The van der Waals surface area contributed by atoms with E-state index >= 15 is 0 Å². The van der Waals surface area contributed by atoms with E-state index in [0.717, 1.165) is 0 Å². The van der Waals surface area contributed by atoms with Crippen molar-refractivity contribution in [3.05, 3.63) is 23.3 Å². The molecule has 13 heavy (non-hydrogen) atoms. The molecule has 68 valence electrons. The monoisotopic (exact) mass is 180 g/mol. The normalized spacial score (nSPS) is 29.8. The van der Waals surface area contributed by atoms with E-state index in [1.54, 1.807) is 0 Å². The van der Waals surface area contributed by atoms with E-state index in [0.29, 0.717) is 0 Å².